The van der Waals surface area contributed by atoms with Crippen molar-refractivity contribution in [1.29, 1.82) is 0 Å². The molecule has 0 heterocycles. The number of carbonyl (C=O) groups is 1. The Morgan fingerprint density at radius 1 is 0.429 bits per heavy atom. The first-order valence-corrected chi connectivity index (χ1v) is 25.1. The Bertz CT molecular complexity index is 829. The molecule has 4 N–H and O–H groups in total. The van der Waals surface area contributed by atoms with Crippen LogP contribution in [-0.4, -0.2) is 46.1 Å². The monoisotopic (exact) mass is 790 g/mol. The van der Waals surface area contributed by atoms with Crippen molar-refractivity contribution in [3.05, 3.63) is 24.3 Å². The van der Waals surface area contributed by atoms with Crippen LogP contribution in [0.5, 0.6) is 0 Å². The molecule has 0 spiro atoms. The molecule has 0 rings (SSSR count). The molecular formula is C51H99NO4. The van der Waals surface area contributed by atoms with Gasteiger partial charge in [-0.05, 0) is 64.2 Å². The van der Waals surface area contributed by atoms with Crippen LogP contribution in [0.15, 0.2) is 24.3 Å². The van der Waals surface area contributed by atoms with Crippen molar-refractivity contribution in [1.82, 2.24) is 5.32 Å². The summed E-state index contributed by atoms with van der Waals surface area (Å²) < 4.78 is 0. The Hall–Kier alpha value is -1.17. The molecule has 0 aliphatic heterocycles. The highest BCUT2D eigenvalue weighted by molar-refractivity contribution is 5.76. The van der Waals surface area contributed by atoms with Crippen molar-refractivity contribution < 1.29 is 20.1 Å². The first kappa shape index (κ1) is 54.8. The van der Waals surface area contributed by atoms with Crippen molar-refractivity contribution in [3.8, 4) is 0 Å². The summed E-state index contributed by atoms with van der Waals surface area (Å²) in [6.45, 7) is 4.16. The molecule has 1 amide bonds. The van der Waals surface area contributed by atoms with Crippen LogP contribution in [0.2, 0.25) is 0 Å². The van der Waals surface area contributed by atoms with Gasteiger partial charge in [0.15, 0.2) is 0 Å². The summed E-state index contributed by atoms with van der Waals surface area (Å²) in [5.74, 6) is -0.152. The predicted molar refractivity (Wildman–Crippen MR) is 245 cm³/mol. The van der Waals surface area contributed by atoms with Crippen molar-refractivity contribution >= 4 is 5.91 Å². The van der Waals surface area contributed by atoms with Gasteiger partial charge in [0.05, 0.1) is 18.8 Å². The molecule has 0 saturated heterocycles. The summed E-state index contributed by atoms with van der Waals surface area (Å²) in [4.78, 5) is 12.4. The lowest BCUT2D eigenvalue weighted by Crippen LogP contribution is -2.50. The average Bonchev–Trinajstić information content (AvgIpc) is 3.20. The number of rotatable bonds is 46. The smallest absolute Gasteiger partial charge is 0.220 e. The van der Waals surface area contributed by atoms with Crippen LogP contribution in [0.1, 0.15) is 271 Å². The van der Waals surface area contributed by atoms with Crippen molar-refractivity contribution in [2.24, 2.45) is 0 Å². The molecule has 0 aliphatic rings. The topological polar surface area (TPSA) is 89.8 Å². The van der Waals surface area contributed by atoms with E-state index in [9.17, 15) is 20.1 Å². The zero-order chi connectivity index (χ0) is 40.8. The van der Waals surface area contributed by atoms with E-state index in [0.29, 0.717) is 12.8 Å². The van der Waals surface area contributed by atoms with Gasteiger partial charge in [0.2, 0.25) is 5.91 Å². The van der Waals surface area contributed by atoms with Crippen molar-refractivity contribution in [2.75, 3.05) is 6.61 Å². The third-order valence-electron chi connectivity index (χ3n) is 11.8. The summed E-state index contributed by atoms with van der Waals surface area (Å²) in [5.41, 5.74) is 0. The second-order valence-corrected chi connectivity index (χ2v) is 17.4. The molecular weight excluding hydrogens is 691 g/mol. The number of hydrogen-bond acceptors (Lipinski definition) is 4. The van der Waals surface area contributed by atoms with Gasteiger partial charge in [0, 0.05) is 6.42 Å². The Kier molecular flexibility index (Phi) is 45.5. The molecule has 3 atom stereocenters. The molecule has 5 heteroatoms. The normalized spacial score (nSPS) is 13.6. The number of amides is 1. The SMILES string of the molecule is CCCCCCCC/C=C/CCCC(O)C(O)C(CO)NC(=O)CCCCCCCCCCCCCCCCC/C=C\CCCCCCCCCCCCCC. The maximum Gasteiger partial charge on any atom is 0.220 e. The molecule has 0 aromatic heterocycles. The molecule has 332 valence electrons. The lowest BCUT2D eigenvalue weighted by atomic mass is 10.0. The summed E-state index contributed by atoms with van der Waals surface area (Å²) in [6.07, 6.45) is 57.6. The van der Waals surface area contributed by atoms with Gasteiger partial charge < -0.3 is 20.6 Å². The van der Waals surface area contributed by atoms with E-state index in [1.165, 1.54) is 205 Å². The van der Waals surface area contributed by atoms with Gasteiger partial charge in [-0.3, -0.25) is 4.79 Å². The molecule has 0 fully saturated rings. The number of carbonyl (C=O) groups excluding carboxylic acids is 1. The van der Waals surface area contributed by atoms with E-state index in [1.54, 1.807) is 0 Å². The van der Waals surface area contributed by atoms with Crippen LogP contribution in [0, 0.1) is 0 Å². The van der Waals surface area contributed by atoms with E-state index < -0.39 is 18.2 Å². The van der Waals surface area contributed by atoms with Gasteiger partial charge in [-0.1, -0.05) is 224 Å². The average molecular weight is 790 g/mol. The van der Waals surface area contributed by atoms with Gasteiger partial charge >= 0.3 is 0 Å². The van der Waals surface area contributed by atoms with Gasteiger partial charge in [0.25, 0.3) is 0 Å². The largest absolute Gasteiger partial charge is 0.394 e. The second-order valence-electron chi connectivity index (χ2n) is 17.4. The summed E-state index contributed by atoms with van der Waals surface area (Å²) >= 11 is 0. The van der Waals surface area contributed by atoms with Gasteiger partial charge in [0.1, 0.15) is 6.10 Å². The maximum atomic E-state index is 12.4. The van der Waals surface area contributed by atoms with Gasteiger partial charge in [-0.2, -0.15) is 0 Å². The van der Waals surface area contributed by atoms with Crippen molar-refractivity contribution in [2.45, 2.75) is 289 Å². The number of unbranched alkanes of at least 4 members (excludes halogenated alkanes) is 34. The molecule has 0 aromatic carbocycles. The standard InChI is InChI=1S/C51H99NO4/c1-3-5-7-9-11-13-15-16-17-18-19-20-21-22-23-24-25-26-27-28-29-30-31-32-33-34-36-38-40-42-44-46-50(55)52-48(47-53)51(56)49(54)45-43-41-39-37-35-14-12-10-8-6-4-2/h22-23,37,39,48-49,51,53-54,56H,3-21,24-36,38,40-47H2,1-2H3,(H,52,55)/b23-22-,39-37+. The highest BCUT2D eigenvalue weighted by Gasteiger charge is 2.26. The molecule has 0 bridgehead atoms. The zero-order valence-electron chi connectivity index (χ0n) is 37.8. The molecule has 0 saturated carbocycles. The van der Waals surface area contributed by atoms with Crippen LogP contribution in [0.25, 0.3) is 0 Å². The van der Waals surface area contributed by atoms with E-state index in [1.807, 2.05) is 0 Å². The fourth-order valence-electron chi connectivity index (χ4n) is 7.86. The fourth-order valence-corrected chi connectivity index (χ4v) is 7.86. The van der Waals surface area contributed by atoms with E-state index in [0.717, 1.165) is 38.5 Å². The molecule has 56 heavy (non-hydrogen) atoms. The lowest BCUT2D eigenvalue weighted by Gasteiger charge is -2.26. The number of allylic oxidation sites excluding steroid dienone is 4. The van der Waals surface area contributed by atoms with E-state index in [2.05, 4.69) is 43.5 Å². The number of aliphatic hydroxyl groups is 3. The number of nitrogens with one attached hydrogen (secondary N) is 1. The summed E-state index contributed by atoms with van der Waals surface area (Å²) in [5, 5.41) is 33.5. The summed E-state index contributed by atoms with van der Waals surface area (Å²) in [7, 11) is 0. The van der Waals surface area contributed by atoms with E-state index in [-0.39, 0.29) is 12.5 Å². The minimum absolute atomic E-state index is 0.152. The third-order valence-corrected chi connectivity index (χ3v) is 11.8. The third kappa shape index (κ3) is 41.0. The highest BCUT2D eigenvalue weighted by Crippen LogP contribution is 2.16. The highest BCUT2D eigenvalue weighted by atomic mass is 16.3. The predicted octanol–water partition coefficient (Wildman–Crippen LogP) is 14.9. The molecule has 0 aliphatic carbocycles. The lowest BCUT2D eigenvalue weighted by molar-refractivity contribution is -0.124. The van der Waals surface area contributed by atoms with Crippen LogP contribution in [0.4, 0.5) is 0 Å². The van der Waals surface area contributed by atoms with Crippen molar-refractivity contribution in [3.63, 3.8) is 0 Å². The Labute approximate surface area is 350 Å². The Balaban J connectivity index is 3.49. The second kappa shape index (κ2) is 46.5. The minimum Gasteiger partial charge on any atom is -0.394 e. The maximum absolute atomic E-state index is 12.4. The first-order valence-electron chi connectivity index (χ1n) is 25.1. The summed E-state index contributed by atoms with van der Waals surface area (Å²) in [6, 6.07) is -0.822. The van der Waals surface area contributed by atoms with Crippen LogP contribution < -0.4 is 5.32 Å². The zero-order valence-corrected chi connectivity index (χ0v) is 37.8. The molecule has 0 aromatic rings. The number of aliphatic hydroxyl groups excluding tert-OH is 3. The molecule has 0 radical (unpaired) electrons. The quantitative estimate of drug-likeness (QED) is 0.0365. The molecule has 3 unspecified atom stereocenters. The van der Waals surface area contributed by atoms with E-state index in [4.69, 9.17) is 0 Å². The molecule has 5 nitrogen and oxygen atoms in total. The van der Waals surface area contributed by atoms with Gasteiger partial charge in [-0.25, -0.2) is 0 Å². The Morgan fingerprint density at radius 3 is 1.04 bits per heavy atom. The first-order chi connectivity index (χ1) is 27.6. The van der Waals surface area contributed by atoms with Crippen LogP contribution >= 0.6 is 0 Å². The fraction of sp³-hybridized carbons (Fsp3) is 0.902. The number of hydrogen-bond donors (Lipinski definition) is 4. The van der Waals surface area contributed by atoms with Crippen LogP contribution in [0.3, 0.4) is 0 Å². The van der Waals surface area contributed by atoms with Crippen LogP contribution in [-0.2, 0) is 4.79 Å². The van der Waals surface area contributed by atoms with Gasteiger partial charge in [-0.15, -0.1) is 0 Å². The minimum atomic E-state index is -1.16. The van der Waals surface area contributed by atoms with E-state index >= 15 is 0 Å². The Morgan fingerprint density at radius 2 is 0.714 bits per heavy atom.